The molecule has 1 aromatic rings. The Morgan fingerprint density at radius 1 is 1.57 bits per heavy atom. The van der Waals surface area contributed by atoms with Gasteiger partial charge >= 0.3 is 0 Å². The largest absolute Gasteiger partial charge is 0.381 e. The van der Waals surface area contributed by atoms with Gasteiger partial charge in [0.2, 0.25) is 0 Å². The van der Waals surface area contributed by atoms with Gasteiger partial charge < -0.3 is 20.1 Å². The van der Waals surface area contributed by atoms with Gasteiger partial charge in [-0.15, -0.1) is 35.3 Å². The van der Waals surface area contributed by atoms with Crippen LogP contribution in [0, 0.1) is 5.92 Å². The van der Waals surface area contributed by atoms with Crippen LogP contribution in [0.4, 0.5) is 0 Å². The summed E-state index contributed by atoms with van der Waals surface area (Å²) in [6.45, 7) is 6.35. The zero-order chi connectivity index (χ0) is 15.6. The van der Waals surface area contributed by atoms with Crippen molar-refractivity contribution in [3.8, 4) is 0 Å². The Morgan fingerprint density at radius 2 is 2.43 bits per heavy atom. The number of nitrogens with one attached hydrogen (secondary N) is 2. The quantitative estimate of drug-likeness (QED) is 0.275. The summed E-state index contributed by atoms with van der Waals surface area (Å²) in [7, 11) is 1.80. The highest BCUT2D eigenvalue weighted by molar-refractivity contribution is 14.0. The molecule has 2 unspecified atom stereocenters. The molecule has 1 aliphatic heterocycles. The van der Waals surface area contributed by atoms with Gasteiger partial charge in [0.15, 0.2) is 5.96 Å². The maximum atomic E-state index is 5.69. The Morgan fingerprint density at radius 3 is 3.09 bits per heavy atom. The SMILES string of the molecule is CN=C(NCCCOCC1CCOC1)NC(C)c1cccs1.I. The van der Waals surface area contributed by atoms with Gasteiger partial charge in [0, 0.05) is 37.6 Å². The lowest BCUT2D eigenvalue weighted by Gasteiger charge is -2.17. The first-order chi connectivity index (χ1) is 10.8. The van der Waals surface area contributed by atoms with Crippen molar-refractivity contribution in [2.24, 2.45) is 10.9 Å². The summed E-state index contributed by atoms with van der Waals surface area (Å²) in [5, 5.41) is 8.82. The Hall–Kier alpha value is -0.380. The molecule has 0 amide bonds. The predicted octanol–water partition coefficient (Wildman–Crippen LogP) is 3.04. The molecule has 23 heavy (non-hydrogen) atoms. The van der Waals surface area contributed by atoms with Gasteiger partial charge in [-0.3, -0.25) is 4.99 Å². The van der Waals surface area contributed by atoms with Crippen molar-refractivity contribution < 1.29 is 9.47 Å². The van der Waals surface area contributed by atoms with Gasteiger partial charge in [-0.05, 0) is 31.2 Å². The van der Waals surface area contributed by atoms with E-state index in [1.54, 1.807) is 18.4 Å². The predicted molar refractivity (Wildman–Crippen MR) is 107 cm³/mol. The topological polar surface area (TPSA) is 54.9 Å². The highest BCUT2D eigenvalue weighted by Crippen LogP contribution is 2.17. The van der Waals surface area contributed by atoms with E-state index in [1.165, 1.54) is 4.88 Å². The third-order valence-electron chi connectivity index (χ3n) is 3.68. The van der Waals surface area contributed by atoms with Gasteiger partial charge in [-0.2, -0.15) is 0 Å². The van der Waals surface area contributed by atoms with E-state index in [0.29, 0.717) is 5.92 Å². The number of ether oxygens (including phenoxy) is 2. The highest BCUT2D eigenvalue weighted by Gasteiger charge is 2.15. The van der Waals surface area contributed by atoms with Crippen molar-refractivity contribution >= 4 is 41.3 Å². The van der Waals surface area contributed by atoms with Gasteiger partial charge in [-0.1, -0.05) is 6.07 Å². The molecule has 0 aliphatic carbocycles. The summed E-state index contributed by atoms with van der Waals surface area (Å²) < 4.78 is 11.0. The molecule has 1 saturated heterocycles. The molecule has 2 N–H and O–H groups in total. The third kappa shape index (κ3) is 7.82. The molecular formula is C16H28IN3O2S. The molecule has 0 spiro atoms. The Bertz CT molecular complexity index is 437. The van der Waals surface area contributed by atoms with E-state index in [1.807, 2.05) is 0 Å². The molecule has 132 valence electrons. The van der Waals surface area contributed by atoms with Crippen molar-refractivity contribution in [2.75, 3.05) is 40.0 Å². The van der Waals surface area contributed by atoms with Crippen LogP contribution in [0.5, 0.6) is 0 Å². The number of halogens is 1. The van der Waals surface area contributed by atoms with E-state index in [-0.39, 0.29) is 30.0 Å². The molecule has 1 aromatic heterocycles. The summed E-state index contributed by atoms with van der Waals surface area (Å²) in [5.74, 6) is 1.43. The summed E-state index contributed by atoms with van der Waals surface area (Å²) in [4.78, 5) is 5.57. The maximum absolute atomic E-state index is 5.69. The van der Waals surface area contributed by atoms with E-state index in [2.05, 4.69) is 40.1 Å². The van der Waals surface area contributed by atoms with Crippen LogP contribution in [0.1, 0.15) is 30.7 Å². The third-order valence-corrected chi connectivity index (χ3v) is 4.74. The molecular weight excluding hydrogens is 425 g/mol. The van der Waals surface area contributed by atoms with Crippen molar-refractivity contribution in [1.82, 2.24) is 10.6 Å². The Balaban J connectivity index is 0.00000264. The van der Waals surface area contributed by atoms with E-state index >= 15 is 0 Å². The lowest BCUT2D eigenvalue weighted by Crippen LogP contribution is -2.39. The fourth-order valence-corrected chi connectivity index (χ4v) is 3.09. The fourth-order valence-electron chi connectivity index (χ4n) is 2.35. The van der Waals surface area contributed by atoms with Crippen LogP contribution < -0.4 is 10.6 Å². The van der Waals surface area contributed by atoms with Gasteiger partial charge in [0.1, 0.15) is 0 Å². The molecule has 5 nitrogen and oxygen atoms in total. The number of guanidine groups is 1. The van der Waals surface area contributed by atoms with Crippen LogP contribution in [-0.4, -0.2) is 46.0 Å². The minimum Gasteiger partial charge on any atom is -0.381 e. The molecule has 0 aromatic carbocycles. The minimum absolute atomic E-state index is 0. The lowest BCUT2D eigenvalue weighted by molar-refractivity contribution is 0.0888. The average Bonchev–Trinajstić information content (AvgIpc) is 3.22. The van der Waals surface area contributed by atoms with E-state index in [9.17, 15) is 0 Å². The first kappa shape index (κ1) is 20.7. The van der Waals surface area contributed by atoms with Gasteiger partial charge in [-0.25, -0.2) is 0 Å². The minimum atomic E-state index is 0. The van der Waals surface area contributed by atoms with Crippen LogP contribution in [0.3, 0.4) is 0 Å². The van der Waals surface area contributed by atoms with Crippen molar-refractivity contribution in [3.05, 3.63) is 22.4 Å². The van der Waals surface area contributed by atoms with Crippen LogP contribution in [0.2, 0.25) is 0 Å². The summed E-state index contributed by atoms with van der Waals surface area (Å²) in [5.41, 5.74) is 0. The summed E-state index contributed by atoms with van der Waals surface area (Å²) in [6.07, 6.45) is 2.11. The molecule has 0 radical (unpaired) electrons. The van der Waals surface area contributed by atoms with Crippen LogP contribution in [-0.2, 0) is 9.47 Å². The molecule has 1 aliphatic rings. The number of nitrogens with zero attached hydrogens (tertiary/aromatic N) is 1. The molecule has 2 rings (SSSR count). The summed E-state index contributed by atoms with van der Waals surface area (Å²) in [6, 6.07) is 4.47. The molecule has 7 heteroatoms. The normalized spacial score (nSPS) is 19.2. The van der Waals surface area contributed by atoms with Crippen LogP contribution in [0.25, 0.3) is 0 Å². The zero-order valence-corrected chi connectivity index (χ0v) is 17.1. The van der Waals surface area contributed by atoms with E-state index < -0.39 is 0 Å². The molecule has 2 heterocycles. The molecule has 2 atom stereocenters. The summed E-state index contributed by atoms with van der Waals surface area (Å²) >= 11 is 1.75. The lowest BCUT2D eigenvalue weighted by atomic mass is 10.1. The van der Waals surface area contributed by atoms with Crippen LogP contribution >= 0.6 is 35.3 Å². The second-order valence-electron chi connectivity index (χ2n) is 5.54. The second kappa shape index (κ2) is 12.0. The number of thiophene rings is 1. The number of hydrogen-bond acceptors (Lipinski definition) is 4. The molecule has 1 fully saturated rings. The number of aliphatic imine (C=N–C) groups is 1. The first-order valence-electron chi connectivity index (χ1n) is 7.95. The van der Waals surface area contributed by atoms with Crippen molar-refractivity contribution in [3.63, 3.8) is 0 Å². The number of rotatable bonds is 8. The Kier molecular flexibility index (Phi) is 10.8. The molecule has 0 saturated carbocycles. The van der Waals surface area contributed by atoms with E-state index in [4.69, 9.17) is 9.47 Å². The number of hydrogen-bond donors (Lipinski definition) is 2. The maximum Gasteiger partial charge on any atom is 0.191 e. The molecule has 0 bridgehead atoms. The Labute approximate surface area is 160 Å². The smallest absolute Gasteiger partial charge is 0.191 e. The first-order valence-corrected chi connectivity index (χ1v) is 8.83. The van der Waals surface area contributed by atoms with Crippen LogP contribution in [0.15, 0.2) is 22.5 Å². The average molecular weight is 453 g/mol. The monoisotopic (exact) mass is 453 g/mol. The standard InChI is InChI=1S/C16H27N3O2S.HI/c1-13(15-5-3-10-22-15)19-16(17-2)18-7-4-8-20-11-14-6-9-21-12-14;/h3,5,10,13-14H,4,6-9,11-12H2,1-2H3,(H2,17,18,19);1H. The van der Waals surface area contributed by atoms with Gasteiger partial charge in [0.25, 0.3) is 0 Å². The highest BCUT2D eigenvalue weighted by atomic mass is 127. The van der Waals surface area contributed by atoms with Crippen molar-refractivity contribution in [2.45, 2.75) is 25.8 Å². The van der Waals surface area contributed by atoms with Gasteiger partial charge in [0.05, 0.1) is 19.3 Å². The fraction of sp³-hybridized carbons (Fsp3) is 0.688. The van der Waals surface area contributed by atoms with E-state index in [0.717, 1.165) is 51.8 Å². The zero-order valence-electron chi connectivity index (χ0n) is 13.9. The second-order valence-corrected chi connectivity index (χ2v) is 6.52. The van der Waals surface area contributed by atoms with Crippen molar-refractivity contribution in [1.29, 1.82) is 0 Å².